The number of amides is 1. The van der Waals surface area contributed by atoms with E-state index in [2.05, 4.69) is 34.1 Å². The molecular formula is C20H18BrNO. The Morgan fingerprint density at radius 3 is 2.39 bits per heavy atom. The molecule has 0 fully saturated rings. The van der Waals surface area contributed by atoms with Crippen molar-refractivity contribution in [2.75, 3.05) is 11.9 Å². The van der Waals surface area contributed by atoms with Crippen molar-refractivity contribution in [3.63, 3.8) is 0 Å². The van der Waals surface area contributed by atoms with Crippen LogP contribution in [0.15, 0.2) is 71.2 Å². The molecule has 1 amide bonds. The first-order valence-corrected chi connectivity index (χ1v) is 8.38. The highest BCUT2D eigenvalue weighted by molar-refractivity contribution is 9.10. The Hall–Kier alpha value is -2.13. The van der Waals surface area contributed by atoms with Gasteiger partial charge in [0.1, 0.15) is 0 Å². The number of likely N-dealkylation sites (N-methyl/N-ethyl adjacent to an activating group) is 1. The van der Waals surface area contributed by atoms with Gasteiger partial charge in [-0.2, -0.15) is 0 Å². The predicted octanol–water partition coefficient (Wildman–Crippen LogP) is 5.37. The number of rotatable bonds is 3. The van der Waals surface area contributed by atoms with Gasteiger partial charge in [0, 0.05) is 11.5 Å². The highest BCUT2D eigenvalue weighted by Gasteiger charge is 2.22. The number of fused-ring (bicyclic) bond motifs is 1. The van der Waals surface area contributed by atoms with Gasteiger partial charge in [-0.3, -0.25) is 4.79 Å². The molecule has 0 radical (unpaired) electrons. The molecule has 3 heteroatoms. The molecule has 116 valence electrons. The van der Waals surface area contributed by atoms with Crippen molar-refractivity contribution in [1.29, 1.82) is 0 Å². The van der Waals surface area contributed by atoms with Crippen LogP contribution in [0.25, 0.3) is 10.8 Å². The molecule has 0 saturated carbocycles. The second-order valence-corrected chi connectivity index (χ2v) is 6.49. The fraction of sp³-hybridized carbons (Fsp3) is 0.150. The van der Waals surface area contributed by atoms with Crippen LogP contribution in [-0.4, -0.2) is 13.0 Å². The van der Waals surface area contributed by atoms with E-state index in [1.165, 1.54) is 0 Å². The van der Waals surface area contributed by atoms with Crippen LogP contribution in [0, 0.1) is 0 Å². The van der Waals surface area contributed by atoms with E-state index in [1.807, 2.05) is 62.5 Å². The van der Waals surface area contributed by atoms with Gasteiger partial charge < -0.3 is 4.90 Å². The van der Waals surface area contributed by atoms with Gasteiger partial charge in [-0.25, -0.2) is 0 Å². The summed E-state index contributed by atoms with van der Waals surface area (Å²) in [6.07, 6.45) is 0. The SMILES string of the molecule is CC(C(=O)N(C)c1ccccc1Br)c1cccc2ccccc12. The van der Waals surface area contributed by atoms with Gasteiger partial charge in [0.25, 0.3) is 0 Å². The number of nitrogens with zero attached hydrogens (tertiary/aromatic N) is 1. The van der Waals surface area contributed by atoms with Gasteiger partial charge in [0.15, 0.2) is 0 Å². The normalized spacial score (nSPS) is 12.1. The molecule has 0 spiro atoms. The van der Waals surface area contributed by atoms with Crippen molar-refractivity contribution < 1.29 is 4.79 Å². The molecule has 0 bridgehead atoms. The summed E-state index contributed by atoms with van der Waals surface area (Å²) in [6.45, 7) is 1.97. The number of carbonyl (C=O) groups is 1. The smallest absolute Gasteiger partial charge is 0.234 e. The predicted molar refractivity (Wildman–Crippen MR) is 99.9 cm³/mol. The molecule has 0 N–H and O–H groups in total. The van der Waals surface area contributed by atoms with Crippen LogP contribution in [0.5, 0.6) is 0 Å². The van der Waals surface area contributed by atoms with Crippen LogP contribution >= 0.6 is 15.9 Å². The highest BCUT2D eigenvalue weighted by atomic mass is 79.9. The molecule has 0 heterocycles. The molecule has 0 saturated heterocycles. The minimum absolute atomic E-state index is 0.0771. The first kappa shape index (κ1) is 15.8. The summed E-state index contributed by atoms with van der Waals surface area (Å²) in [5, 5.41) is 2.30. The molecule has 3 aromatic rings. The maximum Gasteiger partial charge on any atom is 0.234 e. The first-order valence-electron chi connectivity index (χ1n) is 7.59. The standard InChI is InChI=1S/C20H18BrNO/c1-14(16-11-7-9-15-8-3-4-10-17(15)16)20(23)22(2)19-13-6-5-12-18(19)21/h3-14H,1-2H3. The lowest BCUT2D eigenvalue weighted by Gasteiger charge is -2.23. The summed E-state index contributed by atoms with van der Waals surface area (Å²) < 4.78 is 0.918. The van der Waals surface area contributed by atoms with Gasteiger partial charge in [0.2, 0.25) is 5.91 Å². The Morgan fingerprint density at radius 1 is 0.957 bits per heavy atom. The summed E-state index contributed by atoms with van der Waals surface area (Å²) in [5.41, 5.74) is 1.94. The summed E-state index contributed by atoms with van der Waals surface area (Å²) in [4.78, 5) is 14.7. The number of halogens is 1. The van der Waals surface area contributed by atoms with E-state index in [9.17, 15) is 4.79 Å². The summed E-state index contributed by atoms with van der Waals surface area (Å²) >= 11 is 3.52. The maximum atomic E-state index is 12.9. The minimum atomic E-state index is -0.210. The third-order valence-electron chi connectivity index (χ3n) is 4.20. The number of carbonyl (C=O) groups excluding carboxylic acids is 1. The Balaban J connectivity index is 1.97. The number of benzene rings is 3. The van der Waals surface area contributed by atoms with E-state index in [-0.39, 0.29) is 11.8 Å². The Labute approximate surface area is 144 Å². The van der Waals surface area contributed by atoms with Crippen molar-refractivity contribution in [3.8, 4) is 0 Å². The van der Waals surface area contributed by atoms with E-state index >= 15 is 0 Å². The molecule has 3 rings (SSSR count). The average Bonchev–Trinajstić information content (AvgIpc) is 2.60. The van der Waals surface area contributed by atoms with Gasteiger partial charge in [-0.05, 0) is 51.3 Å². The van der Waals surface area contributed by atoms with E-state index in [1.54, 1.807) is 4.90 Å². The van der Waals surface area contributed by atoms with Crippen LogP contribution in [0.4, 0.5) is 5.69 Å². The Morgan fingerprint density at radius 2 is 1.61 bits per heavy atom. The number of para-hydroxylation sites is 1. The molecular weight excluding hydrogens is 350 g/mol. The molecule has 1 unspecified atom stereocenters. The fourth-order valence-electron chi connectivity index (χ4n) is 2.89. The molecule has 3 aromatic carbocycles. The lowest BCUT2D eigenvalue weighted by molar-refractivity contribution is -0.119. The monoisotopic (exact) mass is 367 g/mol. The van der Waals surface area contributed by atoms with E-state index < -0.39 is 0 Å². The average molecular weight is 368 g/mol. The first-order chi connectivity index (χ1) is 11.1. The van der Waals surface area contributed by atoms with Crippen LogP contribution in [0.3, 0.4) is 0 Å². The van der Waals surface area contributed by atoms with E-state index in [4.69, 9.17) is 0 Å². The van der Waals surface area contributed by atoms with Crippen molar-refractivity contribution in [2.45, 2.75) is 12.8 Å². The largest absolute Gasteiger partial charge is 0.314 e. The Kier molecular flexibility index (Phi) is 4.49. The molecule has 2 nitrogen and oxygen atoms in total. The van der Waals surface area contributed by atoms with Crippen LogP contribution in [0.1, 0.15) is 18.4 Å². The van der Waals surface area contributed by atoms with Gasteiger partial charge >= 0.3 is 0 Å². The third kappa shape index (κ3) is 3.02. The van der Waals surface area contributed by atoms with Crippen LogP contribution < -0.4 is 4.90 Å². The molecule has 0 aliphatic rings. The quantitative estimate of drug-likeness (QED) is 0.609. The molecule has 0 aliphatic carbocycles. The maximum absolute atomic E-state index is 12.9. The lowest BCUT2D eigenvalue weighted by atomic mass is 9.93. The third-order valence-corrected chi connectivity index (χ3v) is 4.88. The summed E-state index contributed by atoms with van der Waals surface area (Å²) in [6, 6.07) is 22.1. The van der Waals surface area contributed by atoms with Crippen molar-refractivity contribution in [1.82, 2.24) is 0 Å². The second-order valence-electron chi connectivity index (χ2n) is 5.64. The van der Waals surface area contributed by atoms with Gasteiger partial charge in [-0.1, -0.05) is 54.6 Å². The van der Waals surface area contributed by atoms with Crippen LogP contribution in [-0.2, 0) is 4.79 Å². The Bertz CT molecular complexity index is 854. The fourth-order valence-corrected chi connectivity index (χ4v) is 3.44. The topological polar surface area (TPSA) is 20.3 Å². The molecule has 1 atom stereocenters. The minimum Gasteiger partial charge on any atom is -0.314 e. The zero-order valence-electron chi connectivity index (χ0n) is 13.2. The van der Waals surface area contributed by atoms with E-state index in [0.29, 0.717) is 0 Å². The van der Waals surface area contributed by atoms with Gasteiger partial charge in [0.05, 0.1) is 11.6 Å². The summed E-state index contributed by atoms with van der Waals surface area (Å²) in [5.74, 6) is -0.133. The molecule has 23 heavy (non-hydrogen) atoms. The second kappa shape index (κ2) is 6.55. The van der Waals surface area contributed by atoms with Crippen molar-refractivity contribution >= 4 is 38.3 Å². The lowest BCUT2D eigenvalue weighted by Crippen LogP contribution is -2.30. The number of hydrogen-bond acceptors (Lipinski definition) is 1. The van der Waals surface area contributed by atoms with Crippen molar-refractivity contribution in [3.05, 3.63) is 76.8 Å². The van der Waals surface area contributed by atoms with Crippen molar-refractivity contribution in [2.24, 2.45) is 0 Å². The van der Waals surface area contributed by atoms with E-state index in [0.717, 1.165) is 26.5 Å². The zero-order valence-corrected chi connectivity index (χ0v) is 14.7. The number of anilines is 1. The molecule has 0 aromatic heterocycles. The molecule has 0 aliphatic heterocycles. The summed E-state index contributed by atoms with van der Waals surface area (Å²) in [7, 11) is 1.82. The number of hydrogen-bond donors (Lipinski definition) is 0. The van der Waals surface area contributed by atoms with Crippen LogP contribution in [0.2, 0.25) is 0 Å². The highest BCUT2D eigenvalue weighted by Crippen LogP contribution is 2.30. The zero-order chi connectivity index (χ0) is 16.4. The van der Waals surface area contributed by atoms with Gasteiger partial charge in [-0.15, -0.1) is 0 Å².